The number of hydrogen-bond donors (Lipinski definition) is 0. The quantitative estimate of drug-likeness (QED) is 0.376. The highest BCUT2D eigenvalue weighted by Gasteiger charge is 2.18. The molecular weight excluding hydrogens is 182 g/mol. The summed E-state index contributed by atoms with van der Waals surface area (Å²) < 4.78 is 4.62. The van der Waals surface area contributed by atoms with E-state index < -0.39 is 11.8 Å². The molecule has 0 rings (SSSR count). The van der Waals surface area contributed by atoms with E-state index in [4.69, 9.17) is 0 Å². The minimum absolute atomic E-state index is 0.226. The minimum Gasteiger partial charge on any atom is -0.460 e. The van der Waals surface area contributed by atoms with Crippen LogP contribution in [-0.4, -0.2) is 37.4 Å². The van der Waals surface area contributed by atoms with E-state index in [-0.39, 0.29) is 6.61 Å². The molecular formula is C10H17NO3. The molecule has 0 radical (unpaired) electrons. The maximum Gasteiger partial charge on any atom is 0.379 e. The zero-order chi connectivity index (χ0) is 11.1. The summed E-state index contributed by atoms with van der Waals surface area (Å²) in [4.78, 5) is 24.3. The molecule has 0 amide bonds. The first kappa shape index (κ1) is 12.7. The van der Waals surface area contributed by atoms with Crippen molar-refractivity contribution in [2.45, 2.75) is 20.3 Å². The van der Waals surface area contributed by atoms with Gasteiger partial charge in [0.05, 0.1) is 6.61 Å². The molecule has 0 spiro atoms. The number of hydrogen-bond acceptors (Lipinski definition) is 4. The van der Waals surface area contributed by atoms with Gasteiger partial charge in [-0.3, -0.25) is 4.79 Å². The van der Waals surface area contributed by atoms with E-state index in [1.54, 1.807) is 32.1 Å². The largest absolute Gasteiger partial charge is 0.460 e. The number of carbonyl (C=O) groups is 2. The fourth-order valence-electron chi connectivity index (χ4n) is 0.950. The van der Waals surface area contributed by atoms with Crippen molar-refractivity contribution in [2.24, 2.45) is 0 Å². The van der Waals surface area contributed by atoms with Gasteiger partial charge in [0.1, 0.15) is 0 Å². The zero-order valence-corrected chi connectivity index (χ0v) is 9.16. The van der Waals surface area contributed by atoms with E-state index >= 15 is 0 Å². The number of ether oxygens (including phenoxy) is 1. The number of rotatable bonds is 5. The summed E-state index contributed by atoms with van der Waals surface area (Å²) in [6, 6.07) is 0. The summed E-state index contributed by atoms with van der Waals surface area (Å²) in [6.45, 7) is 3.72. The first-order valence-electron chi connectivity index (χ1n) is 4.61. The Balaban J connectivity index is 4.54. The predicted molar refractivity (Wildman–Crippen MR) is 53.7 cm³/mol. The number of ketones is 1. The molecule has 0 aromatic carbocycles. The molecule has 0 aromatic rings. The maximum absolute atomic E-state index is 11.4. The number of nitrogens with zero attached hydrogens (tertiary/aromatic N) is 1. The van der Waals surface area contributed by atoms with Crippen LogP contribution in [0.5, 0.6) is 0 Å². The third-order valence-corrected chi connectivity index (χ3v) is 1.55. The van der Waals surface area contributed by atoms with E-state index in [2.05, 4.69) is 4.74 Å². The first-order chi connectivity index (χ1) is 6.52. The van der Waals surface area contributed by atoms with E-state index in [0.29, 0.717) is 12.0 Å². The Labute approximate surface area is 84.5 Å². The highest BCUT2D eigenvalue weighted by molar-refractivity contribution is 6.40. The lowest BCUT2D eigenvalue weighted by Crippen LogP contribution is -2.20. The Bertz CT molecular complexity index is 244. The number of carbonyl (C=O) groups excluding carboxylic acids is 2. The van der Waals surface area contributed by atoms with Gasteiger partial charge in [-0.25, -0.2) is 4.79 Å². The van der Waals surface area contributed by atoms with Crippen LogP contribution in [0.2, 0.25) is 0 Å². The second-order valence-corrected chi connectivity index (χ2v) is 3.02. The summed E-state index contributed by atoms with van der Waals surface area (Å²) in [7, 11) is 3.60. The van der Waals surface area contributed by atoms with Crippen molar-refractivity contribution in [3.63, 3.8) is 0 Å². The first-order valence-corrected chi connectivity index (χ1v) is 4.61. The van der Waals surface area contributed by atoms with Gasteiger partial charge in [0.2, 0.25) is 0 Å². The molecule has 0 saturated carbocycles. The Morgan fingerprint density at radius 2 is 1.86 bits per heavy atom. The second-order valence-electron chi connectivity index (χ2n) is 3.02. The molecule has 0 unspecified atom stereocenters. The van der Waals surface area contributed by atoms with Crippen molar-refractivity contribution in [1.82, 2.24) is 4.90 Å². The maximum atomic E-state index is 11.4. The highest BCUT2D eigenvalue weighted by atomic mass is 16.5. The average Bonchev–Trinajstić information content (AvgIpc) is 2.13. The molecule has 80 valence electrons. The fourth-order valence-corrected chi connectivity index (χ4v) is 0.950. The van der Waals surface area contributed by atoms with Crippen LogP contribution in [0, 0.1) is 0 Å². The smallest absolute Gasteiger partial charge is 0.379 e. The minimum atomic E-state index is -0.776. The van der Waals surface area contributed by atoms with Gasteiger partial charge in [-0.05, 0) is 13.3 Å². The normalized spacial score (nSPS) is 11.0. The van der Waals surface area contributed by atoms with Gasteiger partial charge in [-0.1, -0.05) is 6.92 Å². The van der Waals surface area contributed by atoms with Crippen LogP contribution in [0.15, 0.2) is 11.8 Å². The summed E-state index contributed by atoms with van der Waals surface area (Å²) in [5.41, 5.74) is 0.466. The van der Waals surface area contributed by atoms with Gasteiger partial charge >= 0.3 is 5.97 Å². The molecule has 0 aliphatic heterocycles. The molecule has 14 heavy (non-hydrogen) atoms. The van der Waals surface area contributed by atoms with Crippen molar-refractivity contribution in [3.05, 3.63) is 11.8 Å². The van der Waals surface area contributed by atoms with Crippen molar-refractivity contribution >= 4 is 11.8 Å². The van der Waals surface area contributed by atoms with Crippen molar-refractivity contribution in [1.29, 1.82) is 0 Å². The van der Waals surface area contributed by atoms with Gasteiger partial charge < -0.3 is 9.64 Å². The Morgan fingerprint density at radius 3 is 2.21 bits per heavy atom. The molecule has 0 saturated heterocycles. The molecule has 0 fully saturated rings. The molecule has 0 aromatic heterocycles. The lowest BCUT2D eigenvalue weighted by atomic mass is 10.1. The van der Waals surface area contributed by atoms with Crippen molar-refractivity contribution in [2.75, 3.05) is 20.7 Å². The lowest BCUT2D eigenvalue weighted by molar-refractivity contribution is -0.151. The van der Waals surface area contributed by atoms with Crippen molar-refractivity contribution < 1.29 is 14.3 Å². The van der Waals surface area contributed by atoms with E-state index in [9.17, 15) is 9.59 Å². The van der Waals surface area contributed by atoms with Crippen LogP contribution in [0.3, 0.4) is 0 Å². The summed E-state index contributed by atoms with van der Waals surface area (Å²) in [5, 5.41) is 0. The third-order valence-electron chi connectivity index (χ3n) is 1.55. The Kier molecular flexibility index (Phi) is 5.60. The van der Waals surface area contributed by atoms with Crippen LogP contribution < -0.4 is 0 Å². The van der Waals surface area contributed by atoms with E-state index in [1.165, 1.54) is 0 Å². The molecule has 0 bridgehead atoms. The Hall–Kier alpha value is -1.32. The standard InChI is InChI=1S/C10H17NO3/c1-5-8(7-11(3)4)9(12)10(13)14-6-2/h7H,5-6H2,1-4H3/b8-7+. The van der Waals surface area contributed by atoms with Crippen LogP contribution in [0.1, 0.15) is 20.3 Å². The molecule has 0 N–H and O–H groups in total. The molecule has 0 aliphatic carbocycles. The summed E-state index contributed by atoms with van der Waals surface area (Å²) in [6.07, 6.45) is 2.16. The second kappa shape index (κ2) is 6.18. The number of Topliss-reactive ketones (excluding diaryl/α,β-unsaturated/α-hetero) is 1. The van der Waals surface area contributed by atoms with Crippen LogP contribution in [0.25, 0.3) is 0 Å². The predicted octanol–water partition coefficient (Wildman–Crippen LogP) is 0.974. The van der Waals surface area contributed by atoms with Gasteiger partial charge in [0.25, 0.3) is 5.78 Å². The SMILES string of the molecule is CCOC(=O)C(=O)/C(=C/N(C)C)CC. The molecule has 0 atom stereocenters. The monoisotopic (exact) mass is 199 g/mol. The molecule has 0 heterocycles. The van der Waals surface area contributed by atoms with Crippen LogP contribution in [-0.2, 0) is 14.3 Å². The highest BCUT2D eigenvalue weighted by Crippen LogP contribution is 2.04. The van der Waals surface area contributed by atoms with E-state index in [1.807, 2.05) is 6.92 Å². The van der Waals surface area contributed by atoms with Gasteiger partial charge in [-0.15, -0.1) is 0 Å². The molecule has 4 nitrogen and oxygen atoms in total. The average molecular weight is 199 g/mol. The van der Waals surface area contributed by atoms with Crippen LogP contribution in [0.4, 0.5) is 0 Å². The van der Waals surface area contributed by atoms with Crippen LogP contribution >= 0.6 is 0 Å². The molecule has 0 aliphatic rings. The lowest BCUT2D eigenvalue weighted by Gasteiger charge is -2.08. The Morgan fingerprint density at radius 1 is 1.29 bits per heavy atom. The zero-order valence-electron chi connectivity index (χ0n) is 9.16. The van der Waals surface area contributed by atoms with Gasteiger partial charge in [0, 0.05) is 25.9 Å². The number of esters is 1. The summed E-state index contributed by atoms with van der Waals surface area (Å²) in [5.74, 6) is -1.33. The molecule has 4 heteroatoms. The van der Waals surface area contributed by atoms with Gasteiger partial charge in [-0.2, -0.15) is 0 Å². The van der Waals surface area contributed by atoms with Crippen molar-refractivity contribution in [3.8, 4) is 0 Å². The third kappa shape index (κ3) is 4.07. The summed E-state index contributed by atoms with van der Waals surface area (Å²) >= 11 is 0. The topological polar surface area (TPSA) is 46.6 Å². The van der Waals surface area contributed by atoms with Gasteiger partial charge in [0.15, 0.2) is 0 Å². The fraction of sp³-hybridized carbons (Fsp3) is 0.600. The van der Waals surface area contributed by atoms with E-state index in [0.717, 1.165) is 0 Å².